The molecule has 1 aromatic heterocycles. The van der Waals surface area contributed by atoms with E-state index in [4.69, 9.17) is 10.5 Å². The summed E-state index contributed by atoms with van der Waals surface area (Å²) in [5, 5.41) is 2.96. The first-order chi connectivity index (χ1) is 9.58. The number of benzene rings is 1. The molecule has 20 heavy (non-hydrogen) atoms. The number of nitrogens with one attached hydrogen (secondary N) is 1. The van der Waals surface area contributed by atoms with E-state index >= 15 is 0 Å². The number of rotatable bonds is 4. The zero-order valence-electron chi connectivity index (χ0n) is 11.3. The molecule has 0 aliphatic carbocycles. The van der Waals surface area contributed by atoms with Crippen molar-refractivity contribution in [2.45, 2.75) is 13.8 Å². The van der Waals surface area contributed by atoms with Gasteiger partial charge in [-0.15, -0.1) is 0 Å². The van der Waals surface area contributed by atoms with E-state index < -0.39 is 5.97 Å². The summed E-state index contributed by atoms with van der Waals surface area (Å²) in [5.41, 5.74) is 7.49. The molecule has 0 bridgehead atoms. The summed E-state index contributed by atoms with van der Waals surface area (Å²) in [6, 6.07) is 7.64. The molecule has 0 fully saturated rings. The van der Waals surface area contributed by atoms with Crippen molar-refractivity contribution in [2.75, 3.05) is 17.7 Å². The average molecular weight is 273 g/mol. The molecule has 104 valence electrons. The predicted molar refractivity (Wildman–Crippen MR) is 74.7 cm³/mol. The van der Waals surface area contributed by atoms with Crippen LogP contribution in [-0.2, 0) is 4.74 Å². The third-order valence-electron chi connectivity index (χ3n) is 2.42. The molecule has 0 atom stereocenters. The van der Waals surface area contributed by atoms with E-state index in [1.165, 1.54) is 0 Å². The number of ether oxygens (including phenoxy) is 1. The third-order valence-corrected chi connectivity index (χ3v) is 2.42. The van der Waals surface area contributed by atoms with E-state index in [9.17, 15) is 4.79 Å². The van der Waals surface area contributed by atoms with E-state index in [2.05, 4.69) is 20.3 Å². The van der Waals surface area contributed by atoms with Crippen LogP contribution >= 0.6 is 0 Å². The second kappa shape index (κ2) is 5.96. The number of hydrogen-bond donors (Lipinski definition) is 2. The molecule has 0 unspecified atom stereocenters. The van der Waals surface area contributed by atoms with Gasteiger partial charge in [0, 0.05) is 5.69 Å². The number of aromatic nitrogens is 3. The summed E-state index contributed by atoms with van der Waals surface area (Å²) in [4.78, 5) is 23.2. The van der Waals surface area contributed by atoms with Gasteiger partial charge >= 0.3 is 5.97 Å². The average Bonchev–Trinajstić information content (AvgIpc) is 2.41. The largest absolute Gasteiger partial charge is 0.460 e. The van der Waals surface area contributed by atoms with Crippen LogP contribution in [0.5, 0.6) is 0 Å². The topological polar surface area (TPSA) is 103 Å². The number of carbonyl (C=O) groups is 1. The summed E-state index contributed by atoms with van der Waals surface area (Å²) in [6.07, 6.45) is 0. The minimum Gasteiger partial charge on any atom is -0.460 e. The highest BCUT2D eigenvalue weighted by Crippen LogP contribution is 2.14. The summed E-state index contributed by atoms with van der Waals surface area (Å²) in [5.74, 6) is -0.593. The maximum absolute atomic E-state index is 11.6. The molecule has 0 amide bonds. The molecule has 3 N–H and O–H groups in total. The Morgan fingerprint density at radius 1 is 1.25 bits per heavy atom. The quantitative estimate of drug-likeness (QED) is 0.817. The molecule has 0 aliphatic heterocycles. The predicted octanol–water partition coefficient (Wildman–Crippen LogP) is 1.68. The SMILES string of the molecule is CCOC(=O)c1nc(N)nc(Nc2ccc(C)cc2)n1. The zero-order chi connectivity index (χ0) is 14.5. The molecule has 1 heterocycles. The van der Waals surface area contributed by atoms with Crippen LogP contribution in [0.1, 0.15) is 23.1 Å². The summed E-state index contributed by atoms with van der Waals surface area (Å²) < 4.78 is 4.83. The smallest absolute Gasteiger partial charge is 0.376 e. The van der Waals surface area contributed by atoms with Crippen molar-refractivity contribution in [1.82, 2.24) is 15.0 Å². The van der Waals surface area contributed by atoms with Crippen LogP contribution in [0.2, 0.25) is 0 Å². The lowest BCUT2D eigenvalue weighted by atomic mass is 10.2. The second-order valence-electron chi connectivity index (χ2n) is 4.05. The van der Waals surface area contributed by atoms with E-state index in [1.807, 2.05) is 31.2 Å². The Morgan fingerprint density at radius 3 is 2.60 bits per heavy atom. The van der Waals surface area contributed by atoms with E-state index in [-0.39, 0.29) is 24.3 Å². The molecule has 0 spiro atoms. The summed E-state index contributed by atoms with van der Waals surface area (Å²) in [6.45, 7) is 3.93. The van der Waals surface area contributed by atoms with Crippen LogP contribution in [0.25, 0.3) is 0 Å². The normalized spacial score (nSPS) is 10.1. The fourth-order valence-corrected chi connectivity index (χ4v) is 1.50. The number of anilines is 3. The maximum atomic E-state index is 11.6. The highest BCUT2D eigenvalue weighted by atomic mass is 16.5. The second-order valence-corrected chi connectivity index (χ2v) is 4.05. The van der Waals surface area contributed by atoms with Gasteiger partial charge in [-0.05, 0) is 26.0 Å². The van der Waals surface area contributed by atoms with Gasteiger partial charge in [0.05, 0.1) is 6.61 Å². The fraction of sp³-hybridized carbons (Fsp3) is 0.231. The number of hydrogen-bond acceptors (Lipinski definition) is 7. The Hall–Kier alpha value is -2.70. The van der Waals surface area contributed by atoms with Crippen molar-refractivity contribution in [3.63, 3.8) is 0 Å². The minimum absolute atomic E-state index is 0.0438. The van der Waals surface area contributed by atoms with Gasteiger partial charge in [0.15, 0.2) is 0 Å². The fourth-order valence-electron chi connectivity index (χ4n) is 1.50. The standard InChI is InChI=1S/C13H15N5O2/c1-3-20-11(19)10-16-12(14)18-13(17-10)15-9-6-4-8(2)5-7-9/h4-7H,3H2,1-2H3,(H3,14,15,16,17,18). The van der Waals surface area contributed by atoms with E-state index in [1.54, 1.807) is 6.92 Å². The van der Waals surface area contributed by atoms with Crippen molar-refractivity contribution in [3.8, 4) is 0 Å². The number of esters is 1. The molecular formula is C13H15N5O2. The minimum atomic E-state index is -0.631. The van der Waals surface area contributed by atoms with Gasteiger partial charge in [0.2, 0.25) is 17.7 Å². The van der Waals surface area contributed by atoms with Crippen molar-refractivity contribution < 1.29 is 9.53 Å². The van der Waals surface area contributed by atoms with Gasteiger partial charge in [-0.1, -0.05) is 17.7 Å². The summed E-state index contributed by atoms with van der Waals surface area (Å²) >= 11 is 0. The molecule has 0 saturated heterocycles. The lowest BCUT2D eigenvalue weighted by Crippen LogP contribution is -2.14. The van der Waals surface area contributed by atoms with Gasteiger partial charge in [0.25, 0.3) is 0 Å². The van der Waals surface area contributed by atoms with Crippen LogP contribution in [0, 0.1) is 6.92 Å². The van der Waals surface area contributed by atoms with Crippen LogP contribution in [0.3, 0.4) is 0 Å². The molecular weight excluding hydrogens is 258 g/mol. The van der Waals surface area contributed by atoms with Gasteiger partial charge < -0.3 is 15.8 Å². The van der Waals surface area contributed by atoms with Crippen molar-refractivity contribution in [1.29, 1.82) is 0 Å². The van der Waals surface area contributed by atoms with Gasteiger partial charge in [-0.3, -0.25) is 0 Å². The number of aryl methyl sites for hydroxylation is 1. The molecule has 1 aromatic carbocycles. The van der Waals surface area contributed by atoms with Crippen LogP contribution in [0.4, 0.5) is 17.6 Å². The first kappa shape index (κ1) is 13.7. The number of nitrogens with two attached hydrogens (primary N) is 1. The van der Waals surface area contributed by atoms with Gasteiger partial charge in [-0.2, -0.15) is 15.0 Å². The number of carbonyl (C=O) groups excluding carboxylic acids is 1. The zero-order valence-corrected chi connectivity index (χ0v) is 11.3. The highest BCUT2D eigenvalue weighted by Gasteiger charge is 2.13. The summed E-state index contributed by atoms with van der Waals surface area (Å²) in [7, 11) is 0. The Balaban J connectivity index is 2.23. The maximum Gasteiger partial charge on any atom is 0.376 e. The van der Waals surface area contributed by atoms with Gasteiger partial charge in [0.1, 0.15) is 0 Å². The Kier molecular flexibility index (Phi) is 4.09. The van der Waals surface area contributed by atoms with E-state index in [0.29, 0.717) is 0 Å². The molecule has 0 aliphatic rings. The lowest BCUT2D eigenvalue weighted by Gasteiger charge is -2.07. The Bertz CT molecular complexity index is 613. The van der Waals surface area contributed by atoms with Crippen LogP contribution < -0.4 is 11.1 Å². The van der Waals surface area contributed by atoms with Crippen LogP contribution in [-0.4, -0.2) is 27.5 Å². The van der Waals surface area contributed by atoms with Gasteiger partial charge in [-0.25, -0.2) is 4.79 Å². The molecule has 2 aromatic rings. The number of nitrogen functional groups attached to an aromatic ring is 1. The number of nitrogens with zero attached hydrogens (tertiary/aromatic N) is 3. The van der Waals surface area contributed by atoms with Crippen molar-refractivity contribution >= 4 is 23.6 Å². The van der Waals surface area contributed by atoms with Crippen LogP contribution in [0.15, 0.2) is 24.3 Å². The molecule has 7 heteroatoms. The molecule has 2 rings (SSSR count). The lowest BCUT2D eigenvalue weighted by molar-refractivity contribution is 0.0512. The molecule has 7 nitrogen and oxygen atoms in total. The highest BCUT2D eigenvalue weighted by molar-refractivity contribution is 5.85. The Labute approximate surface area is 116 Å². The monoisotopic (exact) mass is 273 g/mol. The third kappa shape index (κ3) is 3.41. The first-order valence-corrected chi connectivity index (χ1v) is 6.11. The molecule has 0 radical (unpaired) electrons. The van der Waals surface area contributed by atoms with Crippen molar-refractivity contribution in [2.24, 2.45) is 0 Å². The Morgan fingerprint density at radius 2 is 1.95 bits per heavy atom. The van der Waals surface area contributed by atoms with E-state index in [0.717, 1.165) is 11.3 Å². The van der Waals surface area contributed by atoms with Crippen molar-refractivity contribution in [3.05, 3.63) is 35.7 Å². The first-order valence-electron chi connectivity index (χ1n) is 6.11. The molecule has 0 saturated carbocycles.